The smallest absolute Gasteiger partial charge is 0.0387 e. The number of rotatable bonds is 6. The second-order valence-corrected chi connectivity index (χ2v) is 5.73. The van der Waals surface area contributed by atoms with Gasteiger partial charge in [0.25, 0.3) is 0 Å². The highest BCUT2D eigenvalue weighted by Crippen LogP contribution is 2.33. The van der Waals surface area contributed by atoms with Gasteiger partial charge in [-0.25, -0.2) is 0 Å². The van der Waals surface area contributed by atoms with Crippen LogP contribution in [-0.4, -0.2) is 32.6 Å². The molecular formula is C16H28N2. The van der Waals surface area contributed by atoms with E-state index < -0.39 is 0 Å². The van der Waals surface area contributed by atoms with Gasteiger partial charge in [-0.05, 0) is 57.6 Å². The summed E-state index contributed by atoms with van der Waals surface area (Å²) in [6, 6.07) is 9.22. The van der Waals surface area contributed by atoms with Crippen LogP contribution in [0.4, 0.5) is 0 Å². The van der Waals surface area contributed by atoms with Crippen molar-refractivity contribution in [1.29, 1.82) is 0 Å². The fourth-order valence-corrected chi connectivity index (χ4v) is 2.76. The Hall–Kier alpha value is -0.860. The van der Waals surface area contributed by atoms with Crippen molar-refractivity contribution in [1.82, 2.24) is 10.2 Å². The lowest BCUT2D eigenvalue weighted by molar-refractivity contribution is 0.168. The minimum absolute atomic E-state index is 0.471. The molecule has 1 N–H and O–H groups in total. The maximum absolute atomic E-state index is 3.35. The number of nitrogens with one attached hydrogen (secondary N) is 1. The van der Waals surface area contributed by atoms with Crippen LogP contribution in [0, 0.1) is 18.8 Å². The van der Waals surface area contributed by atoms with Gasteiger partial charge < -0.3 is 10.2 Å². The van der Waals surface area contributed by atoms with Crippen LogP contribution in [0.25, 0.3) is 0 Å². The van der Waals surface area contributed by atoms with Crippen molar-refractivity contribution in [3.8, 4) is 0 Å². The van der Waals surface area contributed by atoms with Gasteiger partial charge in [0.1, 0.15) is 0 Å². The lowest BCUT2D eigenvalue weighted by atomic mass is 9.82. The molecule has 0 aliphatic heterocycles. The van der Waals surface area contributed by atoms with Gasteiger partial charge in [0.05, 0.1) is 0 Å². The molecule has 0 saturated heterocycles. The van der Waals surface area contributed by atoms with Gasteiger partial charge in [-0.1, -0.05) is 38.1 Å². The quantitative estimate of drug-likeness (QED) is 0.832. The van der Waals surface area contributed by atoms with Crippen molar-refractivity contribution < 1.29 is 0 Å². The third kappa shape index (κ3) is 3.56. The van der Waals surface area contributed by atoms with Gasteiger partial charge >= 0.3 is 0 Å². The standard InChI is InChI=1S/C16H28N2/c1-12(2)15(11-17-4)16(18(5)6)14-10-8-7-9-13(14)3/h7-10,12,15-17H,11H2,1-6H3. The summed E-state index contributed by atoms with van der Waals surface area (Å²) < 4.78 is 0. The van der Waals surface area contributed by atoms with E-state index in [2.05, 4.69) is 69.3 Å². The Kier molecular flexibility index (Phi) is 5.83. The highest BCUT2D eigenvalue weighted by Gasteiger charge is 2.28. The highest BCUT2D eigenvalue weighted by molar-refractivity contribution is 5.29. The molecule has 0 saturated carbocycles. The largest absolute Gasteiger partial charge is 0.319 e. The zero-order chi connectivity index (χ0) is 13.7. The Morgan fingerprint density at radius 2 is 1.78 bits per heavy atom. The summed E-state index contributed by atoms with van der Waals surface area (Å²) in [4.78, 5) is 2.35. The van der Waals surface area contributed by atoms with E-state index in [9.17, 15) is 0 Å². The molecule has 1 rings (SSSR count). The molecule has 0 amide bonds. The zero-order valence-electron chi connectivity index (χ0n) is 12.7. The molecule has 0 aromatic heterocycles. The van der Waals surface area contributed by atoms with E-state index in [1.165, 1.54) is 11.1 Å². The monoisotopic (exact) mass is 248 g/mol. The molecule has 0 aliphatic rings. The number of aryl methyl sites for hydroxylation is 1. The average molecular weight is 248 g/mol. The average Bonchev–Trinajstić information content (AvgIpc) is 2.30. The molecule has 0 spiro atoms. The third-order valence-corrected chi connectivity index (χ3v) is 3.77. The van der Waals surface area contributed by atoms with E-state index in [-0.39, 0.29) is 0 Å². The minimum atomic E-state index is 0.471. The van der Waals surface area contributed by atoms with Gasteiger partial charge in [0, 0.05) is 6.04 Å². The van der Waals surface area contributed by atoms with Gasteiger partial charge in [-0.15, -0.1) is 0 Å². The predicted molar refractivity (Wildman–Crippen MR) is 79.9 cm³/mol. The fourth-order valence-electron chi connectivity index (χ4n) is 2.76. The Bertz CT molecular complexity index is 358. The molecule has 0 fully saturated rings. The first-order chi connectivity index (χ1) is 8.49. The van der Waals surface area contributed by atoms with E-state index in [0.29, 0.717) is 17.9 Å². The molecule has 0 bridgehead atoms. The summed E-state index contributed by atoms with van der Waals surface area (Å²) in [5.41, 5.74) is 2.84. The van der Waals surface area contributed by atoms with Crippen molar-refractivity contribution in [2.24, 2.45) is 11.8 Å². The molecule has 2 nitrogen and oxygen atoms in total. The molecule has 2 atom stereocenters. The van der Waals surface area contributed by atoms with Crippen LogP contribution in [0.15, 0.2) is 24.3 Å². The lowest BCUT2D eigenvalue weighted by Crippen LogP contribution is -2.36. The van der Waals surface area contributed by atoms with E-state index in [1.807, 2.05) is 7.05 Å². The predicted octanol–water partition coefficient (Wildman–Crippen LogP) is 3.09. The van der Waals surface area contributed by atoms with Crippen LogP contribution in [0.1, 0.15) is 31.0 Å². The van der Waals surface area contributed by atoms with Gasteiger partial charge in [0.2, 0.25) is 0 Å². The SMILES string of the molecule is CNCC(C(C)C)C(c1ccccc1C)N(C)C. The Balaban J connectivity index is 3.12. The van der Waals surface area contributed by atoms with Crippen LogP contribution in [-0.2, 0) is 0 Å². The fraction of sp³-hybridized carbons (Fsp3) is 0.625. The lowest BCUT2D eigenvalue weighted by Gasteiger charge is -2.36. The summed E-state index contributed by atoms with van der Waals surface area (Å²) in [6.07, 6.45) is 0. The maximum Gasteiger partial charge on any atom is 0.0387 e. The first-order valence-corrected chi connectivity index (χ1v) is 6.85. The third-order valence-electron chi connectivity index (χ3n) is 3.77. The van der Waals surface area contributed by atoms with Gasteiger partial charge in [-0.3, -0.25) is 0 Å². The summed E-state index contributed by atoms with van der Waals surface area (Å²) in [7, 11) is 6.41. The summed E-state index contributed by atoms with van der Waals surface area (Å²) >= 11 is 0. The Morgan fingerprint density at radius 3 is 2.22 bits per heavy atom. The van der Waals surface area contributed by atoms with E-state index in [0.717, 1.165) is 6.54 Å². The summed E-state index contributed by atoms with van der Waals surface area (Å²) in [5, 5.41) is 3.35. The van der Waals surface area contributed by atoms with E-state index >= 15 is 0 Å². The first-order valence-electron chi connectivity index (χ1n) is 6.85. The molecule has 0 aliphatic carbocycles. The molecule has 2 unspecified atom stereocenters. The van der Waals surface area contributed by atoms with Crippen molar-refractivity contribution in [3.63, 3.8) is 0 Å². The normalized spacial score (nSPS) is 15.1. The number of hydrogen-bond donors (Lipinski definition) is 1. The van der Waals surface area contributed by atoms with Crippen LogP contribution in [0.5, 0.6) is 0 Å². The minimum Gasteiger partial charge on any atom is -0.319 e. The number of nitrogens with zero attached hydrogens (tertiary/aromatic N) is 1. The second-order valence-electron chi connectivity index (χ2n) is 5.73. The van der Waals surface area contributed by atoms with Crippen molar-refractivity contribution in [2.45, 2.75) is 26.8 Å². The first kappa shape index (κ1) is 15.2. The van der Waals surface area contributed by atoms with Crippen LogP contribution in [0.2, 0.25) is 0 Å². The number of benzene rings is 1. The van der Waals surface area contributed by atoms with Crippen molar-refractivity contribution in [3.05, 3.63) is 35.4 Å². The number of hydrogen-bond acceptors (Lipinski definition) is 2. The molecule has 2 heteroatoms. The van der Waals surface area contributed by atoms with Gasteiger partial charge in [-0.2, -0.15) is 0 Å². The molecule has 1 aromatic carbocycles. The summed E-state index contributed by atoms with van der Waals surface area (Å²) in [5.74, 6) is 1.27. The van der Waals surface area contributed by atoms with E-state index in [1.54, 1.807) is 0 Å². The van der Waals surface area contributed by atoms with Crippen LogP contribution in [0.3, 0.4) is 0 Å². The van der Waals surface area contributed by atoms with Crippen LogP contribution < -0.4 is 5.32 Å². The van der Waals surface area contributed by atoms with Gasteiger partial charge in [0.15, 0.2) is 0 Å². The topological polar surface area (TPSA) is 15.3 Å². The zero-order valence-corrected chi connectivity index (χ0v) is 12.7. The molecule has 1 aromatic rings. The Labute approximate surface area is 112 Å². The Morgan fingerprint density at radius 1 is 1.17 bits per heavy atom. The van der Waals surface area contributed by atoms with Crippen molar-refractivity contribution >= 4 is 0 Å². The molecule has 0 radical (unpaired) electrons. The highest BCUT2D eigenvalue weighted by atomic mass is 15.1. The molecular weight excluding hydrogens is 220 g/mol. The van der Waals surface area contributed by atoms with Crippen molar-refractivity contribution in [2.75, 3.05) is 27.7 Å². The molecule has 18 heavy (non-hydrogen) atoms. The summed E-state index contributed by atoms with van der Waals surface area (Å²) in [6.45, 7) is 7.89. The second kappa shape index (κ2) is 6.91. The van der Waals surface area contributed by atoms with Crippen LogP contribution >= 0.6 is 0 Å². The molecule has 0 heterocycles. The molecule has 102 valence electrons. The maximum atomic E-state index is 3.35. The van der Waals surface area contributed by atoms with E-state index in [4.69, 9.17) is 0 Å².